The lowest BCUT2D eigenvalue weighted by Crippen LogP contribution is -2.42. The maximum absolute atomic E-state index is 11.5. The van der Waals surface area contributed by atoms with Gasteiger partial charge in [0.15, 0.2) is 0 Å². The predicted octanol–water partition coefficient (Wildman–Crippen LogP) is -0.631. The van der Waals surface area contributed by atoms with Crippen LogP contribution in [0.15, 0.2) is 12.2 Å². The maximum atomic E-state index is 11.5. The van der Waals surface area contributed by atoms with Crippen LogP contribution in [0.5, 0.6) is 0 Å². The van der Waals surface area contributed by atoms with E-state index < -0.39 is 11.9 Å². The summed E-state index contributed by atoms with van der Waals surface area (Å²) in [5, 5.41) is 0.791. The normalized spacial score (nSPS) is 15.3. The van der Waals surface area contributed by atoms with E-state index in [2.05, 4.69) is 16.7 Å². The summed E-state index contributed by atoms with van der Waals surface area (Å²) in [5.74, 6) is -1.93. The second-order valence-corrected chi connectivity index (χ2v) is 2.89. The minimum absolute atomic E-state index is 0.159. The molecule has 1 rings (SSSR count). The van der Waals surface area contributed by atoms with E-state index >= 15 is 0 Å². The van der Waals surface area contributed by atoms with E-state index in [-0.39, 0.29) is 24.5 Å². The highest BCUT2D eigenvalue weighted by Gasteiger charge is 2.31. The van der Waals surface area contributed by atoms with Crippen LogP contribution in [-0.2, 0) is 19.1 Å². The number of imide groups is 1. The lowest BCUT2D eigenvalue weighted by molar-refractivity contribution is -0.146. The molecule has 1 aliphatic rings. The molecule has 6 nitrogen and oxygen atoms in total. The molecule has 1 fully saturated rings. The van der Waals surface area contributed by atoms with Crippen molar-refractivity contribution in [3.8, 4) is 0 Å². The number of nitrogens with one attached hydrogen (secondary N) is 1. The Morgan fingerprint density at radius 2 is 2.27 bits per heavy atom. The molecule has 0 aromatic carbocycles. The first-order valence-corrected chi connectivity index (χ1v) is 4.54. The van der Waals surface area contributed by atoms with Gasteiger partial charge in [0.25, 0.3) is 5.91 Å². The summed E-state index contributed by atoms with van der Waals surface area (Å²) in [5.41, 5.74) is 2.20. The topological polar surface area (TPSA) is 75.7 Å². The van der Waals surface area contributed by atoms with E-state index in [1.54, 1.807) is 6.92 Å². The Hall–Kier alpha value is -1.69. The minimum Gasteiger partial charge on any atom is -0.462 e. The van der Waals surface area contributed by atoms with Crippen molar-refractivity contribution in [2.45, 2.75) is 13.3 Å². The Labute approximate surface area is 86.8 Å². The van der Waals surface area contributed by atoms with Crippen LogP contribution >= 0.6 is 0 Å². The van der Waals surface area contributed by atoms with E-state index in [1.807, 2.05) is 0 Å². The molecule has 0 saturated carbocycles. The van der Waals surface area contributed by atoms with E-state index in [0.717, 1.165) is 5.01 Å². The molecule has 0 spiro atoms. The van der Waals surface area contributed by atoms with Gasteiger partial charge >= 0.3 is 5.97 Å². The molecule has 82 valence electrons. The smallest absolute Gasteiger partial charge is 0.343 e. The molecule has 1 heterocycles. The molecule has 1 N–H and O–H groups in total. The van der Waals surface area contributed by atoms with Crippen molar-refractivity contribution in [2.75, 3.05) is 13.2 Å². The van der Waals surface area contributed by atoms with E-state index in [9.17, 15) is 14.4 Å². The number of carbonyl (C=O) groups excluding carboxylic acids is 3. The third kappa shape index (κ3) is 2.41. The van der Waals surface area contributed by atoms with Gasteiger partial charge < -0.3 is 4.74 Å². The number of esters is 1. The SMILES string of the molecule is C=C(C(=O)OCC)C(=O)N1NCCC1=O. The van der Waals surface area contributed by atoms with Crippen LogP contribution in [0, 0.1) is 0 Å². The monoisotopic (exact) mass is 212 g/mol. The zero-order chi connectivity index (χ0) is 11.4. The fourth-order valence-corrected chi connectivity index (χ4v) is 1.10. The zero-order valence-corrected chi connectivity index (χ0v) is 8.41. The second-order valence-electron chi connectivity index (χ2n) is 2.89. The predicted molar refractivity (Wildman–Crippen MR) is 50.2 cm³/mol. The van der Waals surface area contributed by atoms with Gasteiger partial charge in [-0.3, -0.25) is 9.59 Å². The van der Waals surface area contributed by atoms with Gasteiger partial charge in [-0.25, -0.2) is 15.2 Å². The molecular weight excluding hydrogens is 200 g/mol. The number of carbonyl (C=O) groups is 3. The summed E-state index contributed by atoms with van der Waals surface area (Å²) in [4.78, 5) is 33.8. The fraction of sp³-hybridized carbons (Fsp3) is 0.444. The minimum atomic E-state index is -0.802. The molecule has 1 saturated heterocycles. The molecule has 2 amide bonds. The molecule has 1 aliphatic heterocycles. The van der Waals surface area contributed by atoms with Crippen molar-refractivity contribution in [3.63, 3.8) is 0 Å². The Kier molecular flexibility index (Phi) is 3.56. The van der Waals surface area contributed by atoms with Crippen molar-refractivity contribution < 1.29 is 19.1 Å². The standard InChI is InChI=1S/C9H12N2O4/c1-3-15-9(14)6(2)8(13)11-7(12)4-5-10-11/h10H,2-5H2,1H3. The summed E-state index contributed by atoms with van der Waals surface area (Å²) in [6, 6.07) is 0. The van der Waals surface area contributed by atoms with Gasteiger partial charge in [-0.15, -0.1) is 0 Å². The molecule has 0 bridgehead atoms. The number of nitrogens with zero attached hydrogens (tertiary/aromatic N) is 1. The van der Waals surface area contributed by atoms with Gasteiger partial charge in [-0.2, -0.15) is 0 Å². The average molecular weight is 212 g/mol. The van der Waals surface area contributed by atoms with Crippen molar-refractivity contribution in [3.05, 3.63) is 12.2 Å². The third-order valence-corrected chi connectivity index (χ3v) is 1.84. The van der Waals surface area contributed by atoms with Crippen molar-refractivity contribution >= 4 is 17.8 Å². The van der Waals surface area contributed by atoms with Crippen molar-refractivity contribution in [1.82, 2.24) is 10.4 Å². The molecule has 0 atom stereocenters. The van der Waals surface area contributed by atoms with Crippen LogP contribution in [0.3, 0.4) is 0 Å². The van der Waals surface area contributed by atoms with Gasteiger partial charge in [0, 0.05) is 13.0 Å². The van der Waals surface area contributed by atoms with Crippen LogP contribution in [0.2, 0.25) is 0 Å². The van der Waals surface area contributed by atoms with E-state index in [1.165, 1.54) is 0 Å². The first-order valence-electron chi connectivity index (χ1n) is 4.54. The molecule has 0 aliphatic carbocycles. The number of rotatable bonds is 3. The quantitative estimate of drug-likeness (QED) is 0.292. The lowest BCUT2D eigenvalue weighted by Gasteiger charge is -2.13. The summed E-state index contributed by atoms with van der Waals surface area (Å²) < 4.78 is 4.59. The Morgan fingerprint density at radius 3 is 2.73 bits per heavy atom. The van der Waals surface area contributed by atoms with Crippen LogP contribution < -0.4 is 5.43 Å². The second kappa shape index (κ2) is 4.70. The summed E-state index contributed by atoms with van der Waals surface area (Å²) in [7, 11) is 0. The van der Waals surface area contributed by atoms with Crippen LogP contribution in [0.4, 0.5) is 0 Å². The number of hydrogen-bond donors (Lipinski definition) is 1. The van der Waals surface area contributed by atoms with E-state index in [0.29, 0.717) is 6.54 Å². The number of amides is 2. The van der Waals surface area contributed by atoms with Crippen molar-refractivity contribution in [1.29, 1.82) is 0 Å². The van der Waals surface area contributed by atoms with Gasteiger partial charge in [-0.1, -0.05) is 6.58 Å². The molecule has 0 aromatic heterocycles. The zero-order valence-electron chi connectivity index (χ0n) is 8.41. The molecule has 0 unspecified atom stereocenters. The lowest BCUT2D eigenvalue weighted by atomic mass is 10.3. The maximum Gasteiger partial charge on any atom is 0.343 e. The van der Waals surface area contributed by atoms with Crippen LogP contribution in [-0.4, -0.2) is 35.9 Å². The fourth-order valence-electron chi connectivity index (χ4n) is 1.10. The highest BCUT2D eigenvalue weighted by atomic mass is 16.5. The summed E-state index contributed by atoms with van der Waals surface area (Å²) >= 11 is 0. The number of hydrogen-bond acceptors (Lipinski definition) is 5. The summed E-state index contributed by atoms with van der Waals surface area (Å²) in [6.07, 6.45) is 0.238. The Balaban J connectivity index is 2.64. The largest absolute Gasteiger partial charge is 0.462 e. The first-order chi connectivity index (χ1) is 7.07. The highest BCUT2D eigenvalue weighted by molar-refractivity contribution is 6.19. The number of ether oxygens (including phenoxy) is 1. The molecule has 0 aromatic rings. The van der Waals surface area contributed by atoms with Gasteiger partial charge in [0.2, 0.25) is 5.91 Å². The van der Waals surface area contributed by atoms with Crippen LogP contribution in [0.25, 0.3) is 0 Å². The van der Waals surface area contributed by atoms with Gasteiger partial charge in [-0.05, 0) is 6.92 Å². The third-order valence-electron chi connectivity index (χ3n) is 1.84. The van der Waals surface area contributed by atoms with Crippen LogP contribution in [0.1, 0.15) is 13.3 Å². The molecule has 0 radical (unpaired) electrons. The van der Waals surface area contributed by atoms with Crippen molar-refractivity contribution in [2.24, 2.45) is 0 Å². The average Bonchev–Trinajstić information content (AvgIpc) is 2.62. The van der Waals surface area contributed by atoms with E-state index in [4.69, 9.17) is 0 Å². The molecular formula is C9H12N2O4. The van der Waals surface area contributed by atoms with Gasteiger partial charge in [0.1, 0.15) is 5.57 Å². The Morgan fingerprint density at radius 1 is 1.60 bits per heavy atom. The molecule has 6 heteroatoms. The first kappa shape index (κ1) is 11.4. The molecule has 15 heavy (non-hydrogen) atoms. The highest BCUT2D eigenvalue weighted by Crippen LogP contribution is 2.06. The summed E-state index contributed by atoms with van der Waals surface area (Å²) in [6.45, 7) is 5.46. The Bertz CT molecular complexity index is 324. The van der Waals surface area contributed by atoms with Gasteiger partial charge in [0.05, 0.1) is 6.61 Å². The number of hydrazine groups is 1.